The van der Waals surface area contributed by atoms with E-state index in [4.69, 9.17) is 9.52 Å². The van der Waals surface area contributed by atoms with Gasteiger partial charge in [-0.05, 0) is 53.6 Å². The van der Waals surface area contributed by atoms with Crippen LogP contribution < -0.4 is 5.76 Å². The van der Waals surface area contributed by atoms with Crippen LogP contribution in [0.1, 0.15) is 19.3 Å². The van der Waals surface area contributed by atoms with Crippen LogP contribution in [-0.4, -0.2) is 15.6 Å². The minimum Gasteiger partial charge on any atom is -0.481 e. The number of unbranched alkanes of at least 4 members (excludes halogenated alkanes) is 1. The van der Waals surface area contributed by atoms with Gasteiger partial charge in [0.25, 0.3) is 0 Å². The minimum atomic E-state index is -0.811. The Morgan fingerprint density at radius 3 is 2.89 bits per heavy atom. The summed E-state index contributed by atoms with van der Waals surface area (Å²) in [7, 11) is 0. The number of carbonyl (C=O) groups is 1. The molecule has 0 saturated carbocycles. The van der Waals surface area contributed by atoms with Crippen molar-refractivity contribution in [3.63, 3.8) is 0 Å². The second-order valence-corrected chi connectivity index (χ2v) is 5.23. The van der Waals surface area contributed by atoms with E-state index in [1.807, 2.05) is 12.1 Å². The van der Waals surface area contributed by atoms with E-state index in [2.05, 4.69) is 22.6 Å². The van der Waals surface area contributed by atoms with Gasteiger partial charge in [-0.25, -0.2) is 4.79 Å². The Kier molecular flexibility index (Phi) is 4.05. The van der Waals surface area contributed by atoms with E-state index in [1.54, 1.807) is 10.6 Å². The first-order chi connectivity index (χ1) is 8.58. The summed E-state index contributed by atoms with van der Waals surface area (Å²) in [5.41, 5.74) is 1.33. The molecular weight excluding hydrogens is 349 g/mol. The number of carboxylic acid groups (broad SMARTS) is 1. The monoisotopic (exact) mass is 361 g/mol. The number of nitrogens with zero attached hydrogens (tertiary/aromatic N) is 1. The summed E-state index contributed by atoms with van der Waals surface area (Å²) in [5, 5.41) is 8.55. The normalized spacial score (nSPS) is 10.9. The molecule has 1 N–H and O–H groups in total. The Bertz CT molecular complexity index is 629. The molecule has 0 saturated heterocycles. The highest BCUT2D eigenvalue weighted by molar-refractivity contribution is 14.1. The minimum absolute atomic E-state index is 0.127. The maximum absolute atomic E-state index is 11.7. The number of oxazole rings is 1. The number of aliphatic carboxylic acids is 1. The quantitative estimate of drug-likeness (QED) is 0.656. The highest BCUT2D eigenvalue weighted by atomic mass is 127. The summed E-state index contributed by atoms with van der Waals surface area (Å²) in [4.78, 5) is 22.1. The number of fused-ring (bicyclic) bond motifs is 1. The largest absolute Gasteiger partial charge is 0.481 e. The number of hydrogen-bond donors (Lipinski definition) is 1. The lowest BCUT2D eigenvalue weighted by Gasteiger charge is -2.01. The van der Waals surface area contributed by atoms with Gasteiger partial charge in [-0.2, -0.15) is 0 Å². The molecule has 1 heterocycles. The molecule has 1 aromatic heterocycles. The fourth-order valence-corrected chi connectivity index (χ4v) is 2.27. The van der Waals surface area contributed by atoms with E-state index in [0.717, 1.165) is 9.09 Å². The summed E-state index contributed by atoms with van der Waals surface area (Å²) in [6, 6.07) is 5.53. The molecule has 0 aliphatic heterocycles. The number of carboxylic acids is 1. The third-order valence-corrected chi connectivity index (χ3v) is 3.32. The molecule has 0 radical (unpaired) electrons. The van der Waals surface area contributed by atoms with E-state index >= 15 is 0 Å². The van der Waals surface area contributed by atoms with E-state index < -0.39 is 5.97 Å². The first-order valence-corrected chi connectivity index (χ1v) is 6.66. The molecule has 96 valence electrons. The number of aromatic nitrogens is 1. The lowest BCUT2D eigenvalue weighted by atomic mass is 10.2. The number of halogens is 1. The lowest BCUT2D eigenvalue weighted by Crippen LogP contribution is -2.14. The molecule has 18 heavy (non-hydrogen) atoms. The van der Waals surface area contributed by atoms with Crippen LogP contribution in [0.3, 0.4) is 0 Å². The van der Waals surface area contributed by atoms with Crippen molar-refractivity contribution in [2.24, 2.45) is 0 Å². The molecule has 0 spiro atoms. The molecule has 0 unspecified atom stereocenters. The first kappa shape index (κ1) is 13.1. The summed E-state index contributed by atoms with van der Waals surface area (Å²) in [5.74, 6) is -1.20. The Morgan fingerprint density at radius 2 is 2.17 bits per heavy atom. The van der Waals surface area contributed by atoms with Crippen molar-refractivity contribution >= 4 is 39.7 Å². The molecule has 0 bridgehead atoms. The van der Waals surface area contributed by atoms with Crippen LogP contribution in [0.15, 0.2) is 27.4 Å². The van der Waals surface area contributed by atoms with Gasteiger partial charge in [-0.3, -0.25) is 9.36 Å². The SMILES string of the molecule is O=C(O)CCCCn1c(=O)oc2ccc(I)cc21. The zero-order valence-corrected chi connectivity index (χ0v) is 11.7. The van der Waals surface area contributed by atoms with Crippen LogP contribution in [0, 0.1) is 3.57 Å². The number of benzene rings is 1. The van der Waals surface area contributed by atoms with Crippen molar-refractivity contribution in [1.29, 1.82) is 0 Å². The molecule has 5 nitrogen and oxygen atoms in total. The van der Waals surface area contributed by atoms with Crippen LogP contribution in [-0.2, 0) is 11.3 Å². The van der Waals surface area contributed by atoms with E-state index in [1.165, 1.54) is 0 Å². The van der Waals surface area contributed by atoms with Crippen LogP contribution in [0.5, 0.6) is 0 Å². The van der Waals surface area contributed by atoms with Crippen LogP contribution >= 0.6 is 22.6 Å². The highest BCUT2D eigenvalue weighted by Gasteiger charge is 2.09. The maximum atomic E-state index is 11.7. The molecule has 0 aliphatic carbocycles. The summed E-state index contributed by atoms with van der Waals surface area (Å²) < 4.78 is 7.70. The molecule has 0 aliphatic rings. The van der Waals surface area contributed by atoms with Crippen molar-refractivity contribution in [3.8, 4) is 0 Å². The van der Waals surface area contributed by atoms with Gasteiger partial charge < -0.3 is 9.52 Å². The fourth-order valence-electron chi connectivity index (χ4n) is 1.79. The van der Waals surface area contributed by atoms with Crippen LogP contribution in [0.25, 0.3) is 11.1 Å². The Balaban J connectivity index is 2.17. The third kappa shape index (κ3) is 2.92. The lowest BCUT2D eigenvalue weighted by molar-refractivity contribution is -0.137. The van der Waals surface area contributed by atoms with Crippen molar-refractivity contribution in [2.75, 3.05) is 0 Å². The van der Waals surface area contributed by atoms with Crippen molar-refractivity contribution in [3.05, 3.63) is 32.3 Å². The molecule has 6 heteroatoms. The molecule has 0 atom stereocenters. The molecule has 2 aromatic rings. The molecule has 0 amide bonds. The summed E-state index contributed by atoms with van der Waals surface area (Å²) in [6.45, 7) is 0.485. The van der Waals surface area contributed by atoms with Gasteiger partial charge in [0.15, 0.2) is 5.58 Å². The average Bonchev–Trinajstić information content (AvgIpc) is 2.60. The number of aryl methyl sites for hydroxylation is 1. The van der Waals surface area contributed by atoms with Crippen LogP contribution in [0.4, 0.5) is 0 Å². The Hall–Kier alpha value is -1.31. The number of hydrogen-bond acceptors (Lipinski definition) is 3. The van der Waals surface area contributed by atoms with Crippen molar-refractivity contribution in [1.82, 2.24) is 4.57 Å². The predicted molar refractivity (Wildman–Crippen MR) is 74.7 cm³/mol. The average molecular weight is 361 g/mol. The van der Waals surface area contributed by atoms with Gasteiger partial charge in [-0.15, -0.1) is 0 Å². The van der Waals surface area contributed by atoms with Gasteiger partial charge in [0.2, 0.25) is 0 Å². The number of rotatable bonds is 5. The Morgan fingerprint density at radius 1 is 1.39 bits per heavy atom. The summed E-state index contributed by atoms with van der Waals surface area (Å²) >= 11 is 2.17. The molecular formula is C12H12INO4. The van der Waals surface area contributed by atoms with Gasteiger partial charge in [-0.1, -0.05) is 0 Å². The molecule has 1 aromatic carbocycles. The van der Waals surface area contributed by atoms with Gasteiger partial charge in [0.05, 0.1) is 5.52 Å². The van der Waals surface area contributed by atoms with Gasteiger partial charge in [0.1, 0.15) is 0 Å². The zero-order chi connectivity index (χ0) is 13.1. The third-order valence-electron chi connectivity index (χ3n) is 2.65. The van der Waals surface area contributed by atoms with E-state index in [0.29, 0.717) is 25.0 Å². The first-order valence-electron chi connectivity index (χ1n) is 5.58. The highest BCUT2D eigenvalue weighted by Crippen LogP contribution is 2.17. The van der Waals surface area contributed by atoms with Gasteiger partial charge in [0, 0.05) is 16.5 Å². The summed E-state index contributed by atoms with van der Waals surface area (Å²) in [6.07, 6.45) is 1.33. The zero-order valence-electron chi connectivity index (χ0n) is 9.56. The van der Waals surface area contributed by atoms with E-state index in [9.17, 15) is 9.59 Å². The maximum Gasteiger partial charge on any atom is 0.419 e. The predicted octanol–water partition coefficient (Wildman–Crippen LogP) is 2.45. The van der Waals surface area contributed by atoms with Crippen LogP contribution in [0.2, 0.25) is 0 Å². The smallest absolute Gasteiger partial charge is 0.419 e. The molecule has 0 fully saturated rings. The van der Waals surface area contributed by atoms with Crippen molar-refractivity contribution < 1.29 is 14.3 Å². The second kappa shape index (κ2) is 5.55. The van der Waals surface area contributed by atoms with Crippen molar-refractivity contribution in [2.45, 2.75) is 25.8 Å². The molecule has 2 rings (SSSR count). The van der Waals surface area contributed by atoms with E-state index in [-0.39, 0.29) is 12.2 Å². The topological polar surface area (TPSA) is 72.4 Å². The van der Waals surface area contributed by atoms with Gasteiger partial charge >= 0.3 is 11.7 Å². The fraction of sp³-hybridized carbons (Fsp3) is 0.333. The Labute approximate surface area is 117 Å². The standard InChI is InChI=1S/C12H12INO4/c13-8-4-5-10-9(7-8)14(12(17)18-10)6-2-1-3-11(15)16/h4-5,7H,1-3,6H2,(H,15,16). The second-order valence-electron chi connectivity index (χ2n) is 3.98.